The van der Waals surface area contributed by atoms with Crippen molar-refractivity contribution in [1.29, 1.82) is 0 Å². The maximum atomic E-state index is 4.01. The first-order chi connectivity index (χ1) is 7.77. The molecule has 0 saturated carbocycles. The Hall–Kier alpha value is -1.68. The molecular weight excluding hydrogens is 200 g/mol. The van der Waals surface area contributed by atoms with Gasteiger partial charge in [-0.3, -0.25) is 10.1 Å². The van der Waals surface area contributed by atoms with Gasteiger partial charge in [-0.1, -0.05) is 0 Å². The number of nitrogens with zero attached hydrogens (tertiary/aromatic N) is 2. The molecule has 0 radical (unpaired) electrons. The number of pyridine rings is 1. The van der Waals surface area contributed by atoms with E-state index in [9.17, 15) is 0 Å². The quantitative estimate of drug-likeness (QED) is 0.824. The number of nitrogens with one attached hydrogen (secondary N) is 2. The monoisotopic (exact) mass is 216 g/mol. The molecule has 0 fully saturated rings. The average molecular weight is 216 g/mol. The third kappa shape index (κ3) is 2.46. The molecule has 2 heterocycles. The van der Waals surface area contributed by atoms with Crippen LogP contribution in [0.2, 0.25) is 0 Å². The van der Waals surface area contributed by atoms with Crippen LogP contribution in [0.4, 0.5) is 0 Å². The van der Waals surface area contributed by atoms with Crippen LogP contribution in [0.25, 0.3) is 0 Å². The summed E-state index contributed by atoms with van der Waals surface area (Å²) in [5.74, 6) is 0. The Labute approximate surface area is 95.1 Å². The zero-order valence-electron chi connectivity index (χ0n) is 9.51. The Balaban J connectivity index is 2.00. The van der Waals surface area contributed by atoms with E-state index in [2.05, 4.69) is 34.3 Å². The van der Waals surface area contributed by atoms with Crippen molar-refractivity contribution < 1.29 is 0 Å². The lowest BCUT2D eigenvalue weighted by atomic mass is 10.1. The first kappa shape index (κ1) is 10.8. The summed E-state index contributed by atoms with van der Waals surface area (Å²) < 4.78 is 0. The first-order valence-corrected chi connectivity index (χ1v) is 5.42. The lowest BCUT2D eigenvalue weighted by molar-refractivity contribution is 0.494. The van der Waals surface area contributed by atoms with Gasteiger partial charge >= 0.3 is 0 Å². The molecule has 2 atom stereocenters. The Bertz CT molecular complexity index is 410. The van der Waals surface area contributed by atoms with Gasteiger partial charge in [-0.15, -0.1) is 0 Å². The van der Waals surface area contributed by atoms with Crippen LogP contribution in [0.3, 0.4) is 0 Å². The van der Waals surface area contributed by atoms with Crippen LogP contribution in [0, 0.1) is 0 Å². The smallest absolute Gasteiger partial charge is 0.0534 e. The zero-order valence-corrected chi connectivity index (χ0v) is 9.51. The lowest BCUT2D eigenvalue weighted by Crippen LogP contribution is -2.22. The Morgan fingerprint density at radius 3 is 2.44 bits per heavy atom. The summed E-state index contributed by atoms with van der Waals surface area (Å²) in [5.41, 5.74) is 2.41. The standard InChI is InChI=1S/C12H16N4/c1-9(11-3-5-13-6-4-11)16-10(2)12-7-14-15-8-12/h3-10,16H,1-2H3,(H,14,15). The third-order valence-corrected chi connectivity index (χ3v) is 2.73. The topological polar surface area (TPSA) is 53.6 Å². The molecule has 2 N–H and O–H groups in total. The van der Waals surface area contributed by atoms with E-state index in [1.807, 2.05) is 36.9 Å². The summed E-state index contributed by atoms with van der Waals surface area (Å²) in [6.07, 6.45) is 7.39. The summed E-state index contributed by atoms with van der Waals surface area (Å²) >= 11 is 0. The first-order valence-electron chi connectivity index (χ1n) is 5.42. The average Bonchev–Trinajstić information content (AvgIpc) is 2.83. The molecule has 2 aromatic heterocycles. The Morgan fingerprint density at radius 2 is 1.81 bits per heavy atom. The molecule has 0 aliphatic heterocycles. The number of hydrogen-bond donors (Lipinski definition) is 2. The van der Waals surface area contributed by atoms with Crippen LogP contribution in [-0.2, 0) is 0 Å². The Kier molecular flexibility index (Phi) is 3.31. The molecule has 0 aromatic carbocycles. The number of hydrogen-bond acceptors (Lipinski definition) is 3. The predicted octanol–water partition coefficient (Wildman–Crippen LogP) is 2.22. The molecular formula is C12H16N4. The molecule has 0 saturated heterocycles. The van der Waals surface area contributed by atoms with E-state index in [1.165, 1.54) is 11.1 Å². The SMILES string of the molecule is CC(NC(C)c1cn[nH]c1)c1ccncc1. The highest BCUT2D eigenvalue weighted by Crippen LogP contribution is 2.17. The fourth-order valence-electron chi connectivity index (χ4n) is 1.72. The second kappa shape index (κ2) is 4.90. The van der Waals surface area contributed by atoms with Gasteiger partial charge in [0, 0.05) is 36.2 Å². The largest absolute Gasteiger partial charge is 0.304 e. The molecule has 84 valence electrons. The minimum absolute atomic E-state index is 0.280. The van der Waals surface area contributed by atoms with Gasteiger partial charge in [-0.25, -0.2) is 0 Å². The van der Waals surface area contributed by atoms with Gasteiger partial charge in [0.15, 0.2) is 0 Å². The summed E-state index contributed by atoms with van der Waals surface area (Å²) in [6.45, 7) is 4.27. The van der Waals surface area contributed by atoms with Crippen LogP contribution < -0.4 is 5.32 Å². The molecule has 0 bridgehead atoms. The molecule has 16 heavy (non-hydrogen) atoms. The van der Waals surface area contributed by atoms with Crippen molar-refractivity contribution >= 4 is 0 Å². The van der Waals surface area contributed by atoms with E-state index in [4.69, 9.17) is 0 Å². The Morgan fingerprint density at radius 1 is 1.12 bits per heavy atom. The van der Waals surface area contributed by atoms with Gasteiger partial charge in [0.1, 0.15) is 0 Å². The van der Waals surface area contributed by atoms with Crippen molar-refractivity contribution in [2.75, 3.05) is 0 Å². The summed E-state index contributed by atoms with van der Waals surface area (Å²) in [4.78, 5) is 4.01. The molecule has 0 amide bonds. The fraction of sp³-hybridized carbons (Fsp3) is 0.333. The second-order valence-corrected chi connectivity index (χ2v) is 3.92. The van der Waals surface area contributed by atoms with Crippen LogP contribution >= 0.6 is 0 Å². The lowest BCUT2D eigenvalue weighted by Gasteiger charge is -2.19. The van der Waals surface area contributed by atoms with E-state index in [-0.39, 0.29) is 6.04 Å². The number of aromatic nitrogens is 3. The molecule has 0 spiro atoms. The highest BCUT2D eigenvalue weighted by molar-refractivity contribution is 5.16. The van der Waals surface area contributed by atoms with Crippen LogP contribution in [-0.4, -0.2) is 15.2 Å². The van der Waals surface area contributed by atoms with Crippen molar-refractivity contribution in [3.63, 3.8) is 0 Å². The van der Waals surface area contributed by atoms with Crippen molar-refractivity contribution in [2.45, 2.75) is 25.9 Å². The molecule has 2 unspecified atom stereocenters. The van der Waals surface area contributed by atoms with Crippen molar-refractivity contribution in [2.24, 2.45) is 0 Å². The van der Waals surface area contributed by atoms with E-state index < -0.39 is 0 Å². The van der Waals surface area contributed by atoms with Crippen molar-refractivity contribution in [3.8, 4) is 0 Å². The van der Waals surface area contributed by atoms with Crippen LogP contribution in [0.1, 0.15) is 37.1 Å². The van der Waals surface area contributed by atoms with E-state index in [0.717, 1.165) is 0 Å². The normalized spacial score (nSPS) is 14.6. The molecule has 4 heteroatoms. The number of rotatable bonds is 4. The van der Waals surface area contributed by atoms with Gasteiger partial charge < -0.3 is 5.32 Å². The van der Waals surface area contributed by atoms with Crippen LogP contribution in [0.15, 0.2) is 36.9 Å². The highest BCUT2D eigenvalue weighted by atomic mass is 15.1. The van der Waals surface area contributed by atoms with Gasteiger partial charge in [-0.05, 0) is 31.5 Å². The van der Waals surface area contributed by atoms with Crippen LogP contribution in [0.5, 0.6) is 0 Å². The maximum Gasteiger partial charge on any atom is 0.0534 e. The summed E-state index contributed by atoms with van der Waals surface area (Å²) in [6, 6.07) is 4.63. The van der Waals surface area contributed by atoms with Gasteiger partial charge in [0.05, 0.1) is 6.20 Å². The van der Waals surface area contributed by atoms with E-state index >= 15 is 0 Å². The molecule has 4 nitrogen and oxygen atoms in total. The van der Waals surface area contributed by atoms with Gasteiger partial charge in [0.25, 0.3) is 0 Å². The van der Waals surface area contributed by atoms with E-state index in [0.29, 0.717) is 6.04 Å². The van der Waals surface area contributed by atoms with Gasteiger partial charge in [-0.2, -0.15) is 5.10 Å². The molecule has 0 aliphatic carbocycles. The fourth-order valence-corrected chi connectivity index (χ4v) is 1.72. The minimum atomic E-state index is 0.280. The third-order valence-electron chi connectivity index (χ3n) is 2.73. The maximum absolute atomic E-state index is 4.01. The molecule has 2 rings (SSSR count). The number of aromatic amines is 1. The van der Waals surface area contributed by atoms with Gasteiger partial charge in [0.2, 0.25) is 0 Å². The molecule has 2 aromatic rings. The van der Waals surface area contributed by atoms with Crippen molar-refractivity contribution in [1.82, 2.24) is 20.5 Å². The summed E-state index contributed by atoms with van der Waals surface area (Å²) in [5, 5.41) is 10.3. The summed E-state index contributed by atoms with van der Waals surface area (Å²) in [7, 11) is 0. The van der Waals surface area contributed by atoms with E-state index in [1.54, 1.807) is 0 Å². The predicted molar refractivity (Wildman–Crippen MR) is 62.8 cm³/mol. The highest BCUT2D eigenvalue weighted by Gasteiger charge is 2.11. The second-order valence-electron chi connectivity index (χ2n) is 3.92. The minimum Gasteiger partial charge on any atom is -0.304 e. The van der Waals surface area contributed by atoms with Crippen molar-refractivity contribution in [3.05, 3.63) is 48.0 Å². The number of H-pyrrole nitrogens is 1. The molecule has 0 aliphatic rings. The zero-order chi connectivity index (χ0) is 11.4.